The third-order valence-corrected chi connectivity index (χ3v) is 2.86. The lowest BCUT2D eigenvalue weighted by atomic mass is 10.2. The Bertz CT molecular complexity index is 266. The molecule has 0 fully saturated rings. The zero-order valence-electron chi connectivity index (χ0n) is 9.47. The smallest absolute Gasteiger partial charge is 0.222 e. The van der Waals surface area contributed by atoms with Crippen LogP contribution >= 0.6 is 0 Å². The molecular formula is C8H12F6O3S. The summed E-state index contributed by atoms with van der Waals surface area (Å²) in [7, 11) is 0. The van der Waals surface area contributed by atoms with Crippen LogP contribution in [0.5, 0.6) is 0 Å². The van der Waals surface area contributed by atoms with E-state index in [9.17, 15) is 30.6 Å². The lowest BCUT2D eigenvalue weighted by Gasteiger charge is -2.25. The fraction of sp³-hybridized carbons (Fsp3) is 1.00. The predicted molar refractivity (Wildman–Crippen MR) is 50.6 cm³/mol. The van der Waals surface area contributed by atoms with E-state index in [2.05, 4.69) is 8.37 Å². The summed E-state index contributed by atoms with van der Waals surface area (Å²) in [6, 6.07) is 0. The van der Waals surface area contributed by atoms with E-state index in [0.29, 0.717) is 0 Å². The van der Waals surface area contributed by atoms with Crippen LogP contribution in [0.15, 0.2) is 0 Å². The van der Waals surface area contributed by atoms with Crippen LogP contribution in [-0.2, 0) is 19.7 Å². The van der Waals surface area contributed by atoms with Crippen LogP contribution in [0, 0.1) is 0 Å². The van der Waals surface area contributed by atoms with Gasteiger partial charge in [-0.2, -0.15) is 4.21 Å². The van der Waals surface area contributed by atoms with Crippen LogP contribution in [0.3, 0.4) is 0 Å². The first-order valence-electron chi connectivity index (χ1n) is 4.86. The Kier molecular flexibility index (Phi) is 6.58. The van der Waals surface area contributed by atoms with Crippen LogP contribution in [0.1, 0.15) is 26.7 Å². The van der Waals surface area contributed by atoms with Gasteiger partial charge in [0.15, 0.2) is 0 Å². The Labute approximate surface area is 102 Å². The maximum absolute atomic E-state index is 13.2. The molecule has 0 heterocycles. The lowest BCUT2D eigenvalue weighted by Crippen LogP contribution is -2.40. The highest BCUT2D eigenvalue weighted by molar-refractivity contribution is 7.75. The van der Waals surface area contributed by atoms with Crippen LogP contribution in [0.25, 0.3) is 0 Å². The van der Waals surface area contributed by atoms with Crippen molar-refractivity contribution in [3.8, 4) is 0 Å². The largest absolute Gasteiger partial charge is 0.311 e. The fourth-order valence-corrected chi connectivity index (χ4v) is 1.61. The first kappa shape index (κ1) is 17.6. The molecule has 0 bridgehead atoms. The number of halogens is 6. The zero-order chi connectivity index (χ0) is 14.6. The normalized spacial score (nSPS) is 20.8. The standard InChI is InChI=1S/C8H12F6O3S/c1-3-7(13,5(9)10)16-18(15)17-8(14,4-2)6(11)12/h5-6H,3-4H2,1-2H3. The van der Waals surface area contributed by atoms with E-state index < -0.39 is 48.8 Å². The van der Waals surface area contributed by atoms with E-state index in [4.69, 9.17) is 0 Å². The summed E-state index contributed by atoms with van der Waals surface area (Å²) >= 11 is -3.41. The molecule has 2 unspecified atom stereocenters. The molecule has 0 spiro atoms. The van der Waals surface area contributed by atoms with E-state index in [0.717, 1.165) is 13.8 Å². The quantitative estimate of drug-likeness (QED) is 0.646. The topological polar surface area (TPSA) is 35.5 Å². The molecule has 0 saturated heterocycles. The molecule has 0 aliphatic rings. The van der Waals surface area contributed by atoms with Crippen molar-refractivity contribution in [2.45, 2.75) is 51.2 Å². The van der Waals surface area contributed by atoms with Crippen LogP contribution in [0.4, 0.5) is 26.3 Å². The molecule has 0 aromatic rings. The van der Waals surface area contributed by atoms with E-state index in [1.165, 1.54) is 0 Å². The van der Waals surface area contributed by atoms with Gasteiger partial charge in [0, 0.05) is 12.8 Å². The van der Waals surface area contributed by atoms with Gasteiger partial charge in [0.2, 0.25) is 0 Å². The van der Waals surface area contributed by atoms with Gasteiger partial charge < -0.3 is 0 Å². The molecule has 3 nitrogen and oxygen atoms in total. The Balaban J connectivity index is 4.69. The summed E-state index contributed by atoms with van der Waals surface area (Å²) in [6.45, 7) is 1.89. The molecule has 18 heavy (non-hydrogen) atoms. The SMILES string of the molecule is CCC(F)(OS(=O)OC(F)(CC)C(F)F)C(F)F. The van der Waals surface area contributed by atoms with Gasteiger partial charge in [0.1, 0.15) is 0 Å². The molecule has 0 saturated carbocycles. The predicted octanol–water partition coefficient (Wildman–Crippen LogP) is 3.28. The second kappa shape index (κ2) is 6.71. The Morgan fingerprint density at radius 1 is 0.944 bits per heavy atom. The number of rotatable bonds is 8. The highest BCUT2D eigenvalue weighted by Gasteiger charge is 2.47. The molecule has 110 valence electrons. The number of alkyl halides is 6. The third kappa shape index (κ3) is 4.39. The van der Waals surface area contributed by atoms with Crippen molar-refractivity contribution in [3.05, 3.63) is 0 Å². The summed E-state index contributed by atoms with van der Waals surface area (Å²) in [5, 5.41) is 0. The molecule has 0 aromatic carbocycles. The first-order valence-corrected chi connectivity index (χ1v) is 5.86. The molecule has 0 aromatic heterocycles. The molecule has 0 radical (unpaired) electrons. The molecule has 0 aliphatic heterocycles. The van der Waals surface area contributed by atoms with E-state index in [-0.39, 0.29) is 0 Å². The van der Waals surface area contributed by atoms with Gasteiger partial charge in [-0.1, -0.05) is 13.8 Å². The average molecular weight is 302 g/mol. The number of hydrogen-bond acceptors (Lipinski definition) is 3. The van der Waals surface area contributed by atoms with Crippen molar-refractivity contribution in [1.29, 1.82) is 0 Å². The van der Waals surface area contributed by atoms with Crippen molar-refractivity contribution in [2.75, 3.05) is 0 Å². The second-order valence-electron chi connectivity index (χ2n) is 3.25. The molecule has 0 rings (SSSR count). The molecule has 2 atom stereocenters. The summed E-state index contributed by atoms with van der Waals surface area (Å²) in [5.74, 6) is -7.30. The minimum absolute atomic E-state index is 0.917. The van der Waals surface area contributed by atoms with Gasteiger partial charge in [-0.25, -0.2) is 34.7 Å². The van der Waals surface area contributed by atoms with Gasteiger partial charge in [-0.3, -0.25) is 0 Å². The molecular weight excluding hydrogens is 290 g/mol. The summed E-state index contributed by atoms with van der Waals surface area (Å²) in [6.07, 6.45) is -9.20. The van der Waals surface area contributed by atoms with Crippen molar-refractivity contribution in [2.24, 2.45) is 0 Å². The number of hydrogen-bond donors (Lipinski definition) is 0. The van der Waals surface area contributed by atoms with Crippen molar-refractivity contribution in [3.63, 3.8) is 0 Å². The maximum atomic E-state index is 13.2. The minimum Gasteiger partial charge on any atom is -0.222 e. The molecule has 0 aliphatic carbocycles. The Morgan fingerprint density at radius 2 is 1.22 bits per heavy atom. The highest BCUT2D eigenvalue weighted by atomic mass is 32.2. The van der Waals surface area contributed by atoms with Crippen LogP contribution < -0.4 is 0 Å². The Hall–Kier alpha value is -0.350. The summed E-state index contributed by atoms with van der Waals surface area (Å²) < 4.78 is 93.4. The minimum atomic E-state index is -3.68. The van der Waals surface area contributed by atoms with Crippen LogP contribution in [-0.4, -0.2) is 28.8 Å². The van der Waals surface area contributed by atoms with Gasteiger partial charge in [-0.15, -0.1) is 0 Å². The van der Waals surface area contributed by atoms with E-state index >= 15 is 0 Å². The van der Waals surface area contributed by atoms with Crippen molar-refractivity contribution in [1.82, 2.24) is 0 Å². The van der Waals surface area contributed by atoms with Crippen LogP contribution in [0.2, 0.25) is 0 Å². The third-order valence-electron chi connectivity index (χ3n) is 2.03. The second-order valence-corrected chi connectivity index (χ2v) is 3.99. The fourth-order valence-electron chi connectivity index (χ4n) is 0.742. The van der Waals surface area contributed by atoms with Gasteiger partial charge in [0.05, 0.1) is 0 Å². The van der Waals surface area contributed by atoms with E-state index in [1.807, 2.05) is 0 Å². The summed E-state index contributed by atoms with van der Waals surface area (Å²) in [5.41, 5.74) is 0. The average Bonchev–Trinajstić information content (AvgIpc) is 2.27. The molecule has 10 heteroatoms. The van der Waals surface area contributed by atoms with Gasteiger partial charge in [0.25, 0.3) is 24.6 Å². The maximum Gasteiger partial charge on any atom is 0.311 e. The highest BCUT2D eigenvalue weighted by Crippen LogP contribution is 2.32. The summed E-state index contributed by atoms with van der Waals surface area (Å²) in [4.78, 5) is 0. The monoisotopic (exact) mass is 302 g/mol. The zero-order valence-corrected chi connectivity index (χ0v) is 10.3. The molecule has 0 N–H and O–H groups in total. The van der Waals surface area contributed by atoms with Gasteiger partial charge >= 0.3 is 11.4 Å². The van der Waals surface area contributed by atoms with Crippen molar-refractivity contribution >= 4 is 11.4 Å². The lowest BCUT2D eigenvalue weighted by molar-refractivity contribution is -0.192. The van der Waals surface area contributed by atoms with Crippen molar-refractivity contribution < 1.29 is 38.9 Å². The van der Waals surface area contributed by atoms with Gasteiger partial charge in [-0.05, 0) is 0 Å². The Morgan fingerprint density at radius 3 is 1.39 bits per heavy atom. The van der Waals surface area contributed by atoms with E-state index in [1.54, 1.807) is 0 Å². The first-order chi connectivity index (χ1) is 8.11. The molecule has 0 amide bonds.